The van der Waals surface area contributed by atoms with Crippen LogP contribution in [0.15, 0.2) is 24.8 Å². The summed E-state index contributed by atoms with van der Waals surface area (Å²) in [5.74, 6) is -0.432. The molecule has 0 amide bonds. The molecule has 0 unspecified atom stereocenters. The first-order valence-electron chi connectivity index (χ1n) is 11.2. The van der Waals surface area contributed by atoms with E-state index in [0.717, 1.165) is 12.8 Å². The zero-order valence-electron chi connectivity index (χ0n) is 19.1. The first-order valence-corrected chi connectivity index (χ1v) is 12.6. The number of aliphatic hydroxyl groups excluding tert-OH is 1. The standard InChI is InChI=1S/C21H30N6O6S/c1-21(2)5-3-15(33-21)10-27-6-4-17(26-27)19(29)16-9-23-12-24-20(16)25-14-7-13(18(28)8-14)11-32-34(22,30)31/h4,6,9,12-15,18,28H,3,5,7-8,10-11H2,1-2H3,(H2,22,30,31)(H,23,24,25)/t13-,14-,15+,18+/m1/s1. The van der Waals surface area contributed by atoms with Crippen LogP contribution in [-0.4, -0.2) is 69.5 Å². The van der Waals surface area contributed by atoms with Gasteiger partial charge in [-0.25, -0.2) is 15.1 Å². The molecule has 4 atom stereocenters. The number of nitrogens with one attached hydrogen (secondary N) is 1. The van der Waals surface area contributed by atoms with Crippen molar-refractivity contribution in [1.29, 1.82) is 0 Å². The number of aliphatic hydroxyl groups is 1. The lowest BCUT2D eigenvalue weighted by molar-refractivity contribution is -0.0230. The largest absolute Gasteiger partial charge is 0.393 e. The van der Waals surface area contributed by atoms with E-state index in [4.69, 9.17) is 9.88 Å². The summed E-state index contributed by atoms with van der Waals surface area (Å²) in [7, 11) is -4.09. The van der Waals surface area contributed by atoms with Crippen LogP contribution in [0.25, 0.3) is 0 Å². The first kappa shape index (κ1) is 24.7. The molecule has 0 bridgehead atoms. The predicted molar refractivity (Wildman–Crippen MR) is 121 cm³/mol. The van der Waals surface area contributed by atoms with E-state index in [2.05, 4.69) is 38.4 Å². The van der Waals surface area contributed by atoms with Gasteiger partial charge in [0.15, 0.2) is 0 Å². The van der Waals surface area contributed by atoms with Crippen LogP contribution in [0.4, 0.5) is 5.82 Å². The number of nitrogens with two attached hydrogens (primary N) is 1. The van der Waals surface area contributed by atoms with E-state index in [9.17, 15) is 18.3 Å². The second-order valence-electron chi connectivity index (χ2n) is 9.49. The highest BCUT2D eigenvalue weighted by Gasteiger charge is 2.35. The number of aromatic nitrogens is 4. The fraction of sp³-hybridized carbons (Fsp3) is 0.619. The molecule has 1 saturated carbocycles. The predicted octanol–water partition coefficient (Wildman–Crippen LogP) is 0.633. The third-order valence-electron chi connectivity index (χ3n) is 6.22. The summed E-state index contributed by atoms with van der Waals surface area (Å²) in [6.45, 7) is 4.48. The Kier molecular flexibility index (Phi) is 7.01. The monoisotopic (exact) mass is 494 g/mol. The molecule has 4 rings (SSSR count). The Balaban J connectivity index is 1.41. The molecule has 2 aromatic rings. The molecule has 0 radical (unpaired) electrons. The van der Waals surface area contributed by atoms with E-state index in [1.54, 1.807) is 16.9 Å². The van der Waals surface area contributed by atoms with E-state index in [-0.39, 0.29) is 41.4 Å². The minimum atomic E-state index is -4.09. The third kappa shape index (κ3) is 6.16. The molecule has 186 valence electrons. The van der Waals surface area contributed by atoms with Crippen molar-refractivity contribution in [2.24, 2.45) is 11.1 Å². The molecule has 2 aliphatic rings. The number of nitrogens with zero attached hydrogens (tertiary/aromatic N) is 4. The minimum absolute atomic E-state index is 0.0510. The number of ketones is 1. The van der Waals surface area contributed by atoms with Gasteiger partial charge in [0, 0.05) is 24.4 Å². The van der Waals surface area contributed by atoms with Gasteiger partial charge in [-0.3, -0.25) is 13.7 Å². The Morgan fingerprint density at radius 1 is 1.41 bits per heavy atom. The average Bonchev–Trinajstić information content (AvgIpc) is 3.45. The molecule has 12 nitrogen and oxygen atoms in total. The molecule has 2 aromatic heterocycles. The Labute approximate surface area is 198 Å². The number of hydrogen-bond acceptors (Lipinski definition) is 10. The highest BCUT2D eigenvalue weighted by Crippen LogP contribution is 2.31. The average molecular weight is 495 g/mol. The molecule has 0 aromatic carbocycles. The smallest absolute Gasteiger partial charge is 0.333 e. The highest BCUT2D eigenvalue weighted by atomic mass is 32.2. The Hall–Kier alpha value is -2.45. The summed E-state index contributed by atoms with van der Waals surface area (Å²) in [5.41, 5.74) is 0.376. The maximum absolute atomic E-state index is 13.2. The number of hydrogen-bond donors (Lipinski definition) is 3. The number of ether oxygens (including phenoxy) is 1. The van der Waals surface area contributed by atoms with Crippen molar-refractivity contribution in [1.82, 2.24) is 19.7 Å². The van der Waals surface area contributed by atoms with Gasteiger partial charge in [0.1, 0.15) is 17.8 Å². The number of anilines is 1. The van der Waals surface area contributed by atoms with Gasteiger partial charge in [-0.15, -0.1) is 0 Å². The summed E-state index contributed by atoms with van der Waals surface area (Å²) < 4.78 is 34.4. The molecule has 3 heterocycles. The van der Waals surface area contributed by atoms with Crippen LogP contribution in [0.3, 0.4) is 0 Å². The van der Waals surface area contributed by atoms with Gasteiger partial charge >= 0.3 is 10.3 Å². The van der Waals surface area contributed by atoms with E-state index in [1.807, 2.05) is 0 Å². The molecule has 1 saturated heterocycles. The van der Waals surface area contributed by atoms with Crippen molar-refractivity contribution in [2.75, 3.05) is 11.9 Å². The van der Waals surface area contributed by atoms with Crippen molar-refractivity contribution in [3.63, 3.8) is 0 Å². The lowest BCUT2D eigenvalue weighted by Crippen LogP contribution is -2.24. The number of carbonyl (C=O) groups is 1. The van der Waals surface area contributed by atoms with E-state index >= 15 is 0 Å². The van der Waals surface area contributed by atoms with Crippen LogP contribution in [0.1, 0.15) is 55.6 Å². The Bertz CT molecular complexity index is 1140. The van der Waals surface area contributed by atoms with Crippen LogP contribution in [0.5, 0.6) is 0 Å². The third-order valence-corrected chi connectivity index (χ3v) is 6.68. The molecular formula is C21H30N6O6S. The number of rotatable bonds is 9. The summed E-state index contributed by atoms with van der Waals surface area (Å²) in [5, 5.41) is 22.7. The van der Waals surface area contributed by atoms with Crippen molar-refractivity contribution in [2.45, 2.75) is 69.9 Å². The zero-order valence-corrected chi connectivity index (χ0v) is 19.9. The molecule has 1 aliphatic carbocycles. The fourth-order valence-corrected chi connectivity index (χ4v) is 4.89. The van der Waals surface area contributed by atoms with E-state index in [0.29, 0.717) is 25.2 Å². The van der Waals surface area contributed by atoms with Crippen LogP contribution in [0.2, 0.25) is 0 Å². The van der Waals surface area contributed by atoms with Crippen LogP contribution < -0.4 is 10.5 Å². The molecule has 13 heteroatoms. The van der Waals surface area contributed by atoms with Gasteiger partial charge in [-0.1, -0.05) is 0 Å². The van der Waals surface area contributed by atoms with Gasteiger partial charge < -0.3 is 15.2 Å². The maximum Gasteiger partial charge on any atom is 0.333 e. The van der Waals surface area contributed by atoms with Crippen LogP contribution >= 0.6 is 0 Å². The fourth-order valence-electron chi connectivity index (χ4n) is 4.52. The van der Waals surface area contributed by atoms with E-state index < -0.39 is 22.3 Å². The van der Waals surface area contributed by atoms with E-state index in [1.165, 1.54) is 12.5 Å². The highest BCUT2D eigenvalue weighted by molar-refractivity contribution is 7.84. The maximum atomic E-state index is 13.2. The second-order valence-corrected chi connectivity index (χ2v) is 10.7. The molecule has 1 aliphatic heterocycles. The molecule has 0 spiro atoms. The Morgan fingerprint density at radius 3 is 2.91 bits per heavy atom. The zero-order chi connectivity index (χ0) is 24.5. The van der Waals surface area contributed by atoms with Crippen LogP contribution in [-0.2, 0) is 25.8 Å². The van der Waals surface area contributed by atoms with Gasteiger partial charge in [0.2, 0.25) is 5.78 Å². The molecule has 34 heavy (non-hydrogen) atoms. The summed E-state index contributed by atoms with van der Waals surface area (Å²) in [6, 6.07) is 1.41. The number of carbonyl (C=O) groups excluding carboxylic acids is 1. The van der Waals surface area contributed by atoms with Crippen molar-refractivity contribution < 1.29 is 27.2 Å². The molecular weight excluding hydrogens is 464 g/mol. The van der Waals surface area contributed by atoms with Crippen LogP contribution in [0, 0.1) is 5.92 Å². The molecule has 4 N–H and O–H groups in total. The lowest BCUT2D eigenvalue weighted by atomic mass is 10.1. The summed E-state index contributed by atoms with van der Waals surface area (Å²) >= 11 is 0. The second kappa shape index (κ2) is 9.66. The van der Waals surface area contributed by atoms with Gasteiger partial charge in [0.25, 0.3) is 0 Å². The topological polar surface area (TPSA) is 172 Å². The molecule has 2 fully saturated rings. The van der Waals surface area contributed by atoms with Gasteiger partial charge in [-0.05, 0) is 45.6 Å². The SMILES string of the molecule is CC1(C)CC[C@@H](Cn2ccc(C(=O)c3cncnc3N[C@@H]3C[C@H](COS(N)(=O)=O)[C@@H](O)C3)n2)O1. The quantitative estimate of drug-likeness (QED) is 0.420. The Morgan fingerprint density at radius 2 is 2.21 bits per heavy atom. The summed E-state index contributed by atoms with van der Waals surface area (Å²) in [4.78, 5) is 21.3. The minimum Gasteiger partial charge on any atom is -0.393 e. The normalized spacial score (nSPS) is 26.6. The first-order chi connectivity index (χ1) is 16.0. The van der Waals surface area contributed by atoms with Crippen molar-refractivity contribution in [3.05, 3.63) is 36.0 Å². The van der Waals surface area contributed by atoms with Crippen molar-refractivity contribution in [3.8, 4) is 0 Å². The lowest BCUT2D eigenvalue weighted by Gasteiger charge is -2.19. The van der Waals surface area contributed by atoms with Gasteiger partial charge in [-0.2, -0.15) is 13.5 Å². The van der Waals surface area contributed by atoms with Crippen molar-refractivity contribution >= 4 is 21.9 Å². The summed E-state index contributed by atoms with van der Waals surface area (Å²) in [6.07, 6.45) is 6.44. The van der Waals surface area contributed by atoms with Gasteiger partial charge in [0.05, 0.1) is 36.5 Å².